The highest BCUT2D eigenvalue weighted by Gasteiger charge is 2.18. The zero-order chi connectivity index (χ0) is 12.6. The summed E-state index contributed by atoms with van der Waals surface area (Å²) < 4.78 is 5.44. The van der Waals surface area contributed by atoms with Crippen molar-refractivity contribution in [3.05, 3.63) is 46.3 Å². The Balaban J connectivity index is 2.22. The maximum absolute atomic E-state index is 9.80. The van der Waals surface area contributed by atoms with Crippen LogP contribution in [0.4, 0.5) is 0 Å². The molecule has 0 bridgehead atoms. The number of hydrogen-bond donors (Lipinski definition) is 1. The zero-order valence-electron chi connectivity index (χ0n) is 9.91. The maximum atomic E-state index is 9.80. The number of nitrogens with zero attached hydrogens (tertiary/aromatic N) is 3. The molecule has 92 valence electrons. The van der Waals surface area contributed by atoms with Crippen LogP contribution in [0.15, 0.2) is 35.4 Å². The Bertz CT molecular complexity index is 373. The Labute approximate surface area is 101 Å². The Morgan fingerprint density at radius 1 is 1.41 bits per heavy atom. The van der Waals surface area contributed by atoms with E-state index in [0.29, 0.717) is 19.6 Å². The van der Waals surface area contributed by atoms with Crippen LogP contribution in [-0.2, 0) is 11.3 Å². The molecule has 0 spiro atoms. The smallest absolute Gasteiger partial charge is 0.0716 e. The van der Waals surface area contributed by atoms with Crippen molar-refractivity contribution in [3.63, 3.8) is 0 Å². The van der Waals surface area contributed by atoms with E-state index in [4.69, 9.17) is 10.3 Å². The second-order valence-corrected chi connectivity index (χ2v) is 4.17. The lowest BCUT2D eigenvalue weighted by Crippen LogP contribution is -2.29. The van der Waals surface area contributed by atoms with Crippen LogP contribution in [0, 0.1) is 0 Å². The molecule has 0 heterocycles. The first-order valence-corrected chi connectivity index (χ1v) is 5.49. The van der Waals surface area contributed by atoms with Crippen molar-refractivity contribution in [2.24, 2.45) is 5.11 Å². The molecule has 0 aliphatic heterocycles. The fourth-order valence-corrected chi connectivity index (χ4v) is 1.32. The Morgan fingerprint density at radius 2 is 2.12 bits per heavy atom. The van der Waals surface area contributed by atoms with Gasteiger partial charge in [0, 0.05) is 11.5 Å². The average Bonchev–Trinajstić information content (AvgIpc) is 2.34. The molecule has 5 nitrogen and oxygen atoms in total. The van der Waals surface area contributed by atoms with E-state index < -0.39 is 5.60 Å². The summed E-state index contributed by atoms with van der Waals surface area (Å²) in [7, 11) is 0. The molecule has 1 aromatic rings. The van der Waals surface area contributed by atoms with Gasteiger partial charge in [0.05, 0.1) is 18.8 Å². The van der Waals surface area contributed by atoms with Gasteiger partial charge in [-0.05, 0) is 24.4 Å². The van der Waals surface area contributed by atoms with Crippen LogP contribution in [0.25, 0.3) is 10.4 Å². The van der Waals surface area contributed by atoms with Gasteiger partial charge in [-0.3, -0.25) is 0 Å². The van der Waals surface area contributed by atoms with E-state index >= 15 is 0 Å². The summed E-state index contributed by atoms with van der Waals surface area (Å²) >= 11 is 0. The third kappa shape index (κ3) is 5.92. The summed E-state index contributed by atoms with van der Waals surface area (Å²) in [5.74, 6) is 0. The topological polar surface area (TPSA) is 78.2 Å². The molecule has 0 aliphatic carbocycles. The van der Waals surface area contributed by atoms with Crippen LogP contribution in [0.2, 0.25) is 0 Å². The van der Waals surface area contributed by atoms with Crippen molar-refractivity contribution >= 4 is 0 Å². The summed E-state index contributed by atoms with van der Waals surface area (Å²) in [6, 6.07) is 9.83. The lowest BCUT2D eigenvalue weighted by Gasteiger charge is -2.20. The van der Waals surface area contributed by atoms with E-state index in [1.165, 1.54) is 0 Å². The highest BCUT2D eigenvalue weighted by Crippen LogP contribution is 2.10. The first-order valence-electron chi connectivity index (χ1n) is 5.49. The SMILES string of the molecule is C[C@](O)(CCOCc1ccccc1)CN=[N+]=[N-]. The molecule has 0 saturated carbocycles. The first kappa shape index (κ1) is 13.5. The van der Waals surface area contributed by atoms with E-state index in [1.54, 1.807) is 6.92 Å². The minimum atomic E-state index is -0.997. The third-order valence-electron chi connectivity index (χ3n) is 2.37. The highest BCUT2D eigenvalue weighted by atomic mass is 16.5. The van der Waals surface area contributed by atoms with Gasteiger partial charge in [-0.25, -0.2) is 0 Å². The molecular weight excluding hydrogens is 218 g/mol. The minimum Gasteiger partial charge on any atom is -0.390 e. The molecule has 1 atom stereocenters. The summed E-state index contributed by atoms with van der Waals surface area (Å²) in [5.41, 5.74) is 8.27. The van der Waals surface area contributed by atoms with Gasteiger partial charge in [0.2, 0.25) is 0 Å². The fourth-order valence-electron chi connectivity index (χ4n) is 1.32. The summed E-state index contributed by atoms with van der Waals surface area (Å²) in [4.78, 5) is 2.62. The molecule has 0 aromatic heterocycles. The zero-order valence-corrected chi connectivity index (χ0v) is 9.91. The van der Waals surface area contributed by atoms with Gasteiger partial charge in [-0.1, -0.05) is 35.4 Å². The van der Waals surface area contributed by atoms with Crippen LogP contribution in [0.5, 0.6) is 0 Å². The Hall–Kier alpha value is -1.55. The van der Waals surface area contributed by atoms with Gasteiger partial charge in [-0.15, -0.1) is 0 Å². The maximum Gasteiger partial charge on any atom is 0.0716 e. The molecule has 5 heteroatoms. The van der Waals surface area contributed by atoms with Crippen molar-refractivity contribution in [2.45, 2.75) is 25.6 Å². The second kappa shape index (κ2) is 6.91. The Morgan fingerprint density at radius 3 is 2.76 bits per heavy atom. The predicted molar refractivity (Wildman–Crippen MR) is 65.4 cm³/mol. The van der Waals surface area contributed by atoms with Gasteiger partial charge in [0.15, 0.2) is 0 Å². The number of ether oxygens (including phenoxy) is 1. The largest absolute Gasteiger partial charge is 0.390 e. The van der Waals surface area contributed by atoms with Gasteiger partial charge < -0.3 is 9.84 Å². The van der Waals surface area contributed by atoms with Crippen molar-refractivity contribution in [1.29, 1.82) is 0 Å². The minimum absolute atomic E-state index is 0.0677. The molecule has 0 radical (unpaired) electrons. The van der Waals surface area contributed by atoms with Crippen LogP contribution in [0.1, 0.15) is 18.9 Å². The van der Waals surface area contributed by atoms with Crippen molar-refractivity contribution in [3.8, 4) is 0 Å². The van der Waals surface area contributed by atoms with Crippen LogP contribution >= 0.6 is 0 Å². The van der Waals surface area contributed by atoms with E-state index in [1.807, 2.05) is 30.3 Å². The van der Waals surface area contributed by atoms with E-state index in [9.17, 15) is 5.11 Å². The number of azide groups is 1. The quantitative estimate of drug-likeness (QED) is 0.341. The number of rotatable bonds is 7. The van der Waals surface area contributed by atoms with Gasteiger partial charge in [0.25, 0.3) is 0 Å². The molecule has 1 rings (SSSR count). The molecule has 1 aromatic carbocycles. The molecular formula is C12H17N3O2. The van der Waals surface area contributed by atoms with Crippen molar-refractivity contribution in [1.82, 2.24) is 0 Å². The monoisotopic (exact) mass is 235 g/mol. The van der Waals surface area contributed by atoms with Crippen LogP contribution < -0.4 is 0 Å². The third-order valence-corrected chi connectivity index (χ3v) is 2.37. The van der Waals surface area contributed by atoms with Gasteiger partial charge >= 0.3 is 0 Å². The van der Waals surface area contributed by atoms with E-state index in [-0.39, 0.29) is 6.54 Å². The van der Waals surface area contributed by atoms with Gasteiger partial charge in [-0.2, -0.15) is 0 Å². The van der Waals surface area contributed by atoms with Crippen molar-refractivity contribution < 1.29 is 9.84 Å². The summed E-state index contributed by atoms with van der Waals surface area (Å²) in [5, 5.41) is 13.2. The molecule has 0 unspecified atom stereocenters. The number of aliphatic hydroxyl groups is 1. The van der Waals surface area contributed by atoms with Crippen LogP contribution in [-0.4, -0.2) is 23.9 Å². The normalized spacial score (nSPS) is 13.8. The van der Waals surface area contributed by atoms with Gasteiger partial charge in [0.1, 0.15) is 0 Å². The molecule has 0 aliphatic rings. The van der Waals surface area contributed by atoms with E-state index in [0.717, 1.165) is 5.56 Å². The lowest BCUT2D eigenvalue weighted by atomic mass is 10.0. The molecule has 17 heavy (non-hydrogen) atoms. The Kier molecular flexibility index (Phi) is 5.49. The van der Waals surface area contributed by atoms with E-state index in [2.05, 4.69) is 10.0 Å². The fraction of sp³-hybridized carbons (Fsp3) is 0.500. The first-order chi connectivity index (χ1) is 8.14. The molecule has 1 N–H and O–H groups in total. The van der Waals surface area contributed by atoms with Crippen molar-refractivity contribution in [2.75, 3.05) is 13.2 Å². The number of hydrogen-bond acceptors (Lipinski definition) is 3. The van der Waals surface area contributed by atoms with Crippen LogP contribution in [0.3, 0.4) is 0 Å². The molecule has 0 saturated heterocycles. The molecule has 0 fully saturated rings. The molecule has 0 amide bonds. The average molecular weight is 235 g/mol. The summed E-state index contributed by atoms with van der Waals surface area (Å²) in [6.45, 7) is 2.66. The number of benzene rings is 1. The predicted octanol–water partition coefficient (Wildman–Crippen LogP) is 2.65. The second-order valence-electron chi connectivity index (χ2n) is 4.17. The summed E-state index contributed by atoms with van der Waals surface area (Å²) in [6.07, 6.45) is 0.443. The standard InChI is InChI=1S/C12H17N3O2/c1-12(16,10-14-15-13)7-8-17-9-11-5-3-2-4-6-11/h2-6,16H,7-10H2,1H3/t12-/m0/s1. The lowest BCUT2D eigenvalue weighted by molar-refractivity contribution is 0.0168. The highest BCUT2D eigenvalue weighted by molar-refractivity contribution is 5.13.